The number of rotatable bonds is 11. The predicted molar refractivity (Wildman–Crippen MR) is 200 cm³/mol. The summed E-state index contributed by atoms with van der Waals surface area (Å²) in [7, 11) is 0. The minimum absolute atomic E-state index is 0.0310. The van der Waals surface area contributed by atoms with E-state index >= 15 is 0 Å². The summed E-state index contributed by atoms with van der Waals surface area (Å²) in [4.78, 5) is 41.2. The second-order valence-corrected chi connectivity index (χ2v) is 16.1. The quantitative estimate of drug-likeness (QED) is 0.116. The Morgan fingerprint density at radius 2 is 1.74 bits per heavy atom. The number of nitrogens with one attached hydrogen (secondary N) is 1. The molecule has 0 radical (unpaired) electrons. The Balaban J connectivity index is 1.34. The van der Waals surface area contributed by atoms with Crippen molar-refractivity contribution >= 4 is 48.2 Å². The highest BCUT2D eigenvalue weighted by atomic mass is 32.2. The molecule has 5 rings (SSSR count). The third-order valence-electron chi connectivity index (χ3n) is 8.93. The molecule has 2 atom stereocenters. The lowest BCUT2D eigenvalue weighted by Gasteiger charge is -2.29. The zero-order valence-electron chi connectivity index (χ0n) is 29.7. The van der Waals surface area contributed by atoms with Gasteiger partial charge in [-0.25, -0.2) is 14.0 Å². The van der Waals surface area contributed by atoms with Crippen LogP contribution < -0.4 is 9.62 Å². The summed E-state index contributed by atoms with van der Waals surface area (Å²) in [6, 6.07) is 20.9. The van der Waals surface area contributed by atoms with Gasteiger partial charge in [0.2, 0.25) is 0 Å². The van der Waals surface area contributed by atoms with Gasteiger partial charge in [0.25, 0.3) is 0 Å². The number of ketones is 1. The van der Waals surface area contributed by atoms with Crippen LogP contribution in [0.15, 0.2) is 83.9 Å². The van der Waals surface area contributed by atoms with Gasteiger partial charge < -0.3 is 14.8 Å². The topological polar surface area (TPSA) is 88.2 Å². The highest BCUT2D eigenvalue weighted by Gasteiger charge is 2.56. The number of thiol groups is 1. The van der Waals surface area contributed by atoms with Crippen LogP contribution in [0.3, 0.4) is 0 Å². The number of cyclic esters (lactones) is 1. The Morgan fingerprint density at radius 1 is 1.08 bits per heavy atom. The van der Waals surface area contributed by atoms with Crippen molar-refractivity contribution in [3.05, 3.63) is 112 Å². The number of alkyl carbamates (subject to hydrolysis) is 1. The lowest BCUT2D eigenvalue weighted by molar-refractivity contribution is 0.0436. The van der Waals surface area contributed by atoms with Gasteiger partial charge in [-0.2, -0.15) is 0 Å². The van der Waals surface area contributed by atoms with Gasteiger partial charge in [0.15, 0.2) is 5.78 Å². The van der Waals surface area contributed by atoms with Gasteiger partial charge in [-0.1, -0.05) is 70.0 Å². The number of anilines is 1. The van der Waals surface area contributed by atoms with E-state index in [9.17, 15) is 18.8 Å². The number of hydrogen-bond acceptors (Lipinski definition) is 8. The Morgan fingerprint density at radius 3 is 2.32 bits per heavy atom. The highest BCUT2D eigenvalue weighted by molar-refractivity contribution is 8.03. The third kappa shape index (κ3) is 8.84. The number of halogens is 1. The molecule has 11 heteroatoms. The minimum Gasteiger partial charge on any atom is -0.444 e. The molecule has 0 bridgehead atoms. The Kier molecular flexibility index (Phi) is 11.0. The molecule has 2 aliphatic rings. The van der Waals surface area contributed by atoms with Crippen LogP contribution in [0.4, 0.5) is 19.7 Å². The molecule has 8 nitrogen and oxygen atoms in total. The minimum atomic E-state index is -0.707. The molecule has 2 fully saturated rings. The lowest BCUT2D eigenvalue weighted by Crippen LogP contribution is -2.48. The molecule has 266 valence electrons. The zero-order valence-corrected chi connectivity index (χ0v) is 31.4. The van der Waals surface area contributed by atoms with Gasteiger partial charge >= 0.3 is 12.2 Å². The second-order valence-electron chi connectivity index (χ2n) is 14.9. The van der Waals surface area contributed by atoms with E-state index in [1.54, 1.807) is 25.1 Å². The molecule has 3 aromatic carbocycles. The summed E-state index contributed by atoms with van der Waals surface area (Å²) >= 11 is 6.01. The number of allylic oxidation sites excluding steroid dienone is 1. The van der Waals surface area contributed by atoms with Crippen LogP contribution in [0, 0.1) is 5.82 Å². The van der Waals surface area contributed by atoms with Crippen LogP contribution in [0.2, 0.25) is 0 Å². The number of nitrogens with zero attached hydrogens (tertiary/aromatic N) is 2. The molecular formula is C39H46FN3O5S2. The molecule has 2 amide bonds. The first-order valence-electron chi connectivity index (χ1n) is 16.7. The summed E-state index contributed by atoms with van der Waals surface area (Å²) in [5.74, 6) is -0.677. The van der Waals surface area contributed by atoms with E-state index in [2.05, 4.69) is 63.2 Å². The summed E-state index contributed by atoms with van der Waals surface area (Å²) < 4.78 is 26.6. The van der Waals surface area contributed by atoms with E-state index in [0.29, 0.717) is 29.2 Å². The number of benzene rings is 3. The Bertz CT molecular complexity index is 1740. The molecule has 0 spiro atoms. The number of ether oxygens (including phenoxy) is 2. The number of amides is 2. The maximum atomic E-state index is 13.5. The molecule has 50 heavy (non-hydrogen) atoms. The fourth-order valence-electron chi connectivity index (χ4n) is 6.06. The van der Waals surface area contributed by atoms with E-state index in [-0.39, 0.29) is 11.2 Å². The zero-order chi connectivity index (χ0) is 36.4. The van der Waals surface area contributed by atoms with Gasteiger partial charge in [-0.3, -0.25) is 14.0 Å². The fraction of sp³-hybridized carbons (Fsp3) is 0.410. The van der Waals surface area contributed by atoms with Crippen LogP contribution in [-0.2, 0) is 26.8 Å². The Labute approximate surface area is 304 Å². The van der Waals surface area contributed by atoms with E-state index < -0.39 is 41.3 Å². The SMILES string of the molecule is CS/C(=C\C(=O)c1ccc(F)cc1)N(S)c1ccc(C[C@H](NC(=O)OC(C)(C)C)[C@H]2CN(C3(c4cccc(C(C)(C)C)c4)CC3)C(=O)O2)cc1. The van der Waals surface area contributed by atoms with Crippen molar-refractivity contribution in [3.63, 3.8) is 0 Å². The molecule has 3 aromatic rings. The van der Waals surface area contributed by atoms with Crippen LogP contribution >= 0.6 is 24.6 Å². The molecule has 1 aliphatic heterocycles. The number of hydrogen-bond donors (Lipinski definition) is 2. The van der Waals surface area contributed by atoms with Gasteiger partial charge in [-0.05, 0) is 105 Å². The molecule has 0 aromatic heterocycles. The molecule has 1 heterocycles. The summed E-state index contributed by atoms with van der Waals surface area (Å²) in [6.07, 6.45) is 3.78. The van der Waals surface area contributed by atoms with Crippen molar-refractivity contribution in [2.24, 2.45) is 0 Å². The first kappa shape index (κ1) is 37.3. The monoisotopic (exact) mass is 719 g/mol. The summed E-state index contributed by atoms with van der Waals surface area (Å²) in [5, 5.41) is 3.57. The average Bonchev–Trinajstić information content (AvgIpc) is 3.77. The number of carbonyl (C=O) groups excluding carboxylic acids is 3. The van der Waals surface area contributed by atoms with E-state index in [1.165, 1.54) is 47.7 Å². The fourth-order valence-corrected chi connectivity index (χ4v) is 7.00. The van der Waals surface area contributed by atoms with Crippen LogP contribution in [0.1, 0.15) is 81.4 Å². The number of thioether (sulfide) groups is 1. The van der Waals surface area contributed by atoms with Crippen molar-refractivity contribution in [2.45, 2.75) is 89.5 Å². The highest BCUT2D eigenvalue weighted by Crippen LogP contribution is 2.53. The molecular weight excluding hydrogens is 674 g/mol. The largest absolute Gasteiger partial charge is 0.444 e. The first-order chi connectivity index (χ1) is 23.5. The van der Waals surface area contributed by atoms with Crippen LogP contribution in [-0.4, -0.2) is 53.4 Å². The molecule has 1 aliphatic carbocycles. The maximum Gasteiger partial charge on any atom is 0.411 e. The lowest BCUT2D eigenvalue weighted by atomic mass is 9.85. The predicted octanol–water partition coefficient (Wildman–Crippen LogP) is 8.81. The average molecular weight is 720 g/mol. The normalized spacial score (nSPS) is 17.9. The van der Waals surface area contributed by atoms with Crippen LogP contribution in [0.5, 0.6) is 0 Å². The van der Waals surface area contributed by atoms with E-state index in [1.807, 2.05) is 35.4 Å². The molecule has 1 saturated heterocycles. The van der Waals surface area contributed by atoms with Crippen molar-refractivity contribution in [3.8, 4) is 0 Å². The van der Waals surface area contributed by atoms with Gasteiger partial charge in [0.05, 0.1) is 28.8 Å². The van der Waals surface area contributed by atoms with Crippen molar-refractivity contribution in [1.82, 2.24) is 10.2 Å². The standard InChI is InChI=1S/C39H46FN3O5S2/c1-37(2,3)27-9-8-10-28(22-27)39(19-20-39)42-24-33(47-36(42)46)31(41-35(45)48-38(4,5)6)21-25-11-17-30(18-12-25)43(49)34(50-7)23-32(44)26-13-15-29(40)16-14-26/h8-18,22-23,31,33,49H,19-21,24H2,1-7H3,(H,41,45)/b34-23-/t31-,33+/m0/s1. The molecule has 0 unspecified atom stereocenters. The molecule has 1 N–H and O–H groups in total. The first-order valence-corrected chi connectivity index (χ1v) is 18.3. The molecule has 1 saturated carbocycles. The van der Waals surface area contributed by atoms with Crippen molar-refractivity contribution in [2.75, 3.05) is 17.1 Å². The Hall–Kier alpha value is -3.96. The van der Waals surface area contributed by atoms with Gasteiger partial charge in [-0.15, -0.1) is 11.8 Å². The van der Waals surface area contributed by atoms with Gasteiger partial charge in [0, 0.05) is 11.6 Å². The van der Waals surface area contributed by atoms with E-state index in [4.69, 9.17) is 9.47 Å². The summed E-state index contributed by atoms with van der Waals surface area (Å²) in [5.41, 5.74) is 3.12. The van der Waals surface area contributed by atoms with E-state index in [0.717, 1.165) is 24.0 Å². The van der Waals surface area contributed by atoms with Gasteiger partial charge in [0.1, 0.15) is 17.5 Å². The maximum absolute atomic E-state index is 13.5. The number of carbonyl (C=O) groups is 3. The second kappa shape index (κ2) is 14.7. The third-order valence-corrected chi connectivity index (χ3v) is 10.2. The summed E-state index contributed by atoms with van der Waals surface area (Å²) in [6.45, 7) is 12.2. The van der Waals surface area contributed by atoms with Crippen molar-refractivity contribution < 1.29 is 28.2 Å². The van der Waals surface area contributed by atoms with Crippen molar-refractivity contribution in [1.29, 1.82) is 0 Å². The van der Waals surface area contributed by atoms with Crippen LogP contribution in [0.25, 0.3) is 0 Å². The smallest absolute Gasteiger partial charge is 0.411 e.